The lowest BCUT2D eigenvalue weighted by Crippen LogP contribution is -2.30. The van der Waals surface area contributed by atoms with Gasteiger partial charge in [-0.3, -0.25) is 4.79 Å². The number of nitriles is 1. The Hall–Kier alpha value is -3.67. The molecule has 2 N–H and O–H groups in total. The summed E-state index contributed by atoms with van der Waals surface area (Å²) in [4.78, 5) is 12.7. The average Bonchev–Trinajstić information content (AvgIpc) is 2.77. The molecule has 0 radical (unpaired) electrons. The number of carbonyl (C=O) groups is 1. The summed E-state index contributed by atoms with van der Waals surface area (Å²) >= 11 is 0. The number of hydrogen-bond acceptors (Lipinski definition) is 5. The van der Waals surface area contributed by atoms with Crippen LogP contribution in [0.1, 0.15) is 35.3 Å². The Kier molecular flexibility index (Phi) is 7.25. The van der Waals surface area contributed by atoms with Crippen molar-refractivity contribution in [3.63, 3.8) is 0 Å². The van der Waals surface area contributed by atoms with Crippen molar-refractivity contribution < 1.29 is 17.9 Å². The van der Waals surface area contributed by atoms with Gasteiger partial charge in [-0.25, -0.2) is 13.1 Å². The van der Waals surface area contributed by atoms with E-state index in [9.17, 15) is 13.2 Å². The summed E-state index contributed by atoms with van der Waals surface area (Å²) in [6.45, 7) is 3.76. The predicted octanol–water partition coefficient (Wildman–Crippen LogP) is 4.08. The molecule has 0 saturated heterocycles. The molecule has 0 heterocycles. The van der Waals surface area contributed by atoms with E-state index in [0.717, 1.165) is 5.56 Å². The molecular formula is C24H23N3O4S. The highest BCUT2D eigenvalue weighted by Crippen LogP contribution is 2.20. The van der Waals surface area contributed by atoms with Crippen LogP contribution in [0.5, 0.6) is 5.75 Å². The van der Waals surface area contributed by atoms with E-state index in [1.54, 1.807) is 56.3 Å². The molecule has 0 atom stereocenters. The lowest BCUT2D eigenvalue weighted by Gasteiger charge is -2.11. The van der Waals surface area contributed by atoms with Crippen LogP contribution in [0.2, 0.25) is 0 Å². The third-order valence-corrected chi connectivity index (χ3v) is 6.05. The number of benzene rings is 3. The van der Waals surface area contributed by atoms with Gasteiger partial charge >= 0.3 is 0 Å². The zero-order valence-corrected chi connectivity index (χ0v) is 18.5. The minimum atomic E-state index is -3.62. The van der Waals surface area contributed by atoms with Crippen LogP contribution in [0.3, 0.4) is 0 Å². The Bertz CT molecular complexity index is 1250. The van der Waals surface area contributed by atoms with Gasteiger partial charge in [-0.1, -0.05) is 18.2 Å². The molecule has 0 saturated carbocycles. The van der Waals surface area contributed by atoms with Crippen LogP contribution in [0.25, 0.3) is 0 Å². The second-order valence-electron chi connectivity index (χ2n) is 7.38. The van der Waals surface area contributed by atoms with E-state index in [2.05, 4.69) is 16.1 Å². The molecule has 0 bridgehead atoms. The van der Waals surface area contributed by atoms with Crippen molar-refractivity contribution in [2.75, 3.05) is 5.32 Å². The van der Waals surface area contributed by atoms with Crippen LogP contribution in [-0.4, -0.2) is 20.4 Å². The molecule has 0 unspecified atom stereocenters. The van der Waals surface area contributed by atoms with Crippen molar-refractivity contribution in [1.29, 1.82) is 5.26 Å². The molecule has 0 aliphatic carbocycles. The van der Waals surface area contributed by atoms with E-state index in [1.165, 1.54) is 24.3 Å². The zero-order valence-electron chi connectivity index (χ0n) is 17.7. The van der Waals surface area contributed by atoms with Crippen molar-refractivity contribution in [2.45, 2.75) is 31.4 Å². The quantitative estimate of drug-likeness (QED) is 0.539. The lowest BCUT2D eigenvalue weighted by atomic mass is 10.1. The van der Waals surface area contributed by atoms with Gasteiger partial charge in [-0.2, -0.15) is 5.26 Å². The second-order valence-corrected chi connectivity index (χ2v) is 9.10. The summed E-state index contributed by atoms with van der Waals surface area (Å²) in [7, 11) is -3.62. The van der Waals surface area contributed by atoms with E-state index in [0.29, 0.717) is 22.6 Å². The lowest BCUT2D eigenvalue weighted by molar-refractivity contribution is 0.102. The van der Waals surface area contributed by atoms with Crippen LogP contribution in [0.15, 0.2) is 77.7 Å². The number of sulfonamides is 1. The fourth-order valence-electron chi connectivity index (χ4n) is 2.93. The van der Waals surface area contributed by atoms with Gasteiger partial charge in [0.1, 0.15) is 12.4 Å². The first-order chi connectivity index (χ1) is 15.3. The summed E-state index contributed by atoms with van der Waals surface area (Å²) in [5, 5.41) is 11.8. The Morgan fingerprint density at radius 1 is 1.03 bits per heavy atom. The molecule has 0 aliphatic rings. The molecule has 32 heavy (non-hydrogen) atoms. The molecule has 0 aromatic heterocycles. The van der Waals surface area contributed by atoms with Crippen LogP contribution in [0, 0.1) is 11.3 Å². The van der Waals surface area contributed by atoms with Crippen molar-refractivity contribution in [2.24, 2.45) is 0 Å². The highest BCUT2D eigenvalue weighted by atomic mass is 32.2. The third kappa shape index (κ3) is 6.17. The number of carbonyl (C=O) groups excluding carboxylic acids is 1. The van der Waals surface area contributed by atoms with E-state index in [1.807, 2.05) is 6.07 Å². The van der Waals surface area contributed by atoms with Gasteiger partial charge in [0.15, 0.2) is 0 Å². The monoisotopic (exact) mass is 449 g/mol. The number of nitrogens with zero attached hydrogens (tertiary/aromatic N) is 1. The number of hydrogen-bond donors (Lipinski definition) is 2. The van der Waals surface area contributed by atoms with Crippen molar-refractivity contribution in [1.82, 2.24) is 4.72 Å². The molecule has 3 aromatic rings. The summed E-state index contributed by atoms with van der Waals surface area (Å²) in [6, 6.07) is 21.7. The number of rotatable bonds is 8. The zero-order chi connectivity index (χ0) is 23.1. The first-order valence-electron chi connectivity index (χ1n) is 9.92. The van der Waals surface area contributed by atoms with Gasteiger partial charge in [0.2, 0.25) is 10.0 Å². The molecule has 3 rings (SSSR count). The topological polar surface area (TPSA) is 108 Å². The van der Waals surface area contributed by atoms with Gasteiger partial charge < -0.3 is 10.1 Å². The Morgan fingerprint density at radius 3 is 2.44 bits per heavy atom. The van der Waals surface area contributed by atoms with Crippen LogP contribution < -0.4 is 14.8 Å². The molecular weight excluding hydrogens is 426 g/mol. The third-order valence-electron chi connectivity index (χ3n) is 4.37. The summed E-state index contributed by atoms with van der Waals surface area (Å²) in [5.41, 5.74) is 2.29. The van der Waals surface area contributed by atoms with Gasteiger partial charge in [0, 0.05) is 23.4 Å². The summed E-state index contributed by atoms with van der Waals surface area (Å²) < 4.78 is 32.7. The van der Waals surface area contributed by atoms with Crippen molar-refractivity contribution in [3.05, 3.63) is 89.5 Å². The van der Waals surface area contributed by atoms with Crippen molar-refractivity contribution >= 4 is 21.6 Å². The molecule has 1 amide bonds. The minimum absolute atomic E-state index is 0.0959. The van der Waals surface area contributed by atoms with Crippen LogP contribution >= 0.6 is 0 Å². The van der Waals surface area contributed by atoms with E-state index in [-0.39, 0.29) is 23.5 Å². The minimum Gasteiger partial charge on any atom is -0.489 e. The molecule has 0 aliphatic heterocycles. The maximum atomic E-state index is 12.6. The maximum absolute atomic E-state index is 12.6. The predicted molar refractivity (Wildman–Crippen MR) is 122 cm³/mol. The maximum Gasteiger partial charge on any atom is 0.255 e. The smallest absolute Gasteiger partial charge is 0.255 e. The van der Waals surface area contributed by atoms with Crippen LogP contribution in [0.4, 0.5) is 5.69 Å². The molecule has 0 fully saturated rings. The second kappa shape index (κ2) is 10.1. The molecule has 8 heteroatoms. The first-order valence-corrected chi connectivity index (χ1v) is 11.4. The van der Waals surface area contributed by atoms with E-state index < -0.39 is 10.0 Å². The standard InChI is InChI=1S/C24H23N3O4S/c1-17(2)27-32(29,30)23-11-9-20(10-12-23)24(28)26-21-7-4-8-22(14-21)31-16-19-6-3-5-18(13-19)15-25/h3-14,17,27H,16H2,1-2H3,(H,26,28). The van der Waals surface area contributed by atoms with Gasteiger partial charge in [0.05, 0.1) is 16.5 Å². The largest absolute Gasteiger partial charge is 0.489 e. The van der Waals surface area contributed by atoms with Gasteiger partial charge in [-0.05, 0) is 67.9 Å². The molecule has 3 aromatic carbocycles. The first kappa shape index (κ1) is 23.0. The number of anilines is 1. The SMILES string of the molecule is CC(C)NS(=O)(=O)c1ccc(C(=O)Nc2cccc(OCc3cccc(C#N)c3)c2)cc1. The number of nitrogens with one attached hydrogen (secondary N) is 2. The van der Waals surface area contributed by atoms with E-state index >= 15 is 0 Å². The van der Waals surface area contributed by atoms with E-state index in [4.69, 9.17) is 10.00 Å². The molecule has 164 valence electrons. The highest BCUT2D eigenvalue weighted by Gasteiger charge is 2.16. The Balaban J connectivity index is 1.65. The highest BCUT2D eigenvalue weighted by molar-refractivity contribution is 7.89. The van der Waals surface area contributed by atoms with Crippen molar-refractivity contribution in [3.8, 4) is 11.8 Å². The number of ether oxygens (including phenoxy) is 1. The normalized spacial score (nSPS) is 11.1. The summed E-state index contributed by atoms with van der Waals surface area (Å²) in [6.07, 6.45) is 0. The number of amides is 1. The molecule has 0 spiro atoms. The Morgan fingerprint density at radius 2 is 1.75 bits per heavy atom. The fraction of sp³-hybridized carbons (Fsp3) is 0.167. The fourth-order valence-corrected chi connectivity index (χ4v) is 4.18. The molecule has 7 nitrogen and oxygen atoms in total. The Labute approximate surface area is 187 Å². The van der Waals surface area contributed by atoms with Gasteiger partial charge in [0.25, 0.3) is 5.91 Å². The average molecular weight is 450 g/mol. The van der Waals surface area contributed by atoms with Gasteiger partial charge in [-0.15, -0.1) is 0 Å². The van der Waals surface area contributed by atoms with Crippen LogP contribution in [-0.2, 0) is 16.6 Å². The summed E-state index contributed by atoms with van der Waals surface area (Å²) in [5.74, 6) is 0.191.